The number of rotatable bonds is 6. The van der Waals surface area contributed by atoms with E-state index in [1.807, 2.05) is 78.9 Å². The summed E-state index contributed by atoms with van der Waals surface area (Å²) in [5, 5.41) is 0.673. The number of fused-ring (bicyclic) bond motifs is 1. The maximum Gasteiger partial charge on any atom is 0.264 e. The number of hydrogen-bond acceptors (Lipinski definition) is 4. The Hall–Kier alpha value is -3.96. The number of hydrogen-bond donors (Lipinski definition) is 0. The molecule has 1 amide bonds. The van der Waals surface area contributed by atoms with Gasteiger partial charge in [-0.2, -0.15) is 0 Å². The molecule has 0 N–H and O–H groups in total. The van der Waals surface area contributed by atoms with Crippen LogP contribution in [-0.2, 0) is 6.54 Å². The first-order valence-corrected chi connectivity index (χ1v) is 12.0. The molecule has 0 atom stereocenters. The largest absolute Gasteiger partial charge is 0.457 e. The van der Waals surface area contributed by atoms with E-state index in [1.54, 1.807) is 22.3 Å². The number of thiazole rings is 1. The molecule has 5 rings (SSSR count). The Kier molecular flexibility index (Phi) is 6.11. The van der Waals surface area contributed by atoms with Crippen LogP contribution in [0.15, 0.2) is 97.1 Å². The predicted molar refractivity (Wildman–Crippen MR) is 139 cm³/mol. The Morgan fingerprint density at radius 1 is 0.882 bits per heavy atom. The van der Waals surface area contributed by atoms with Crippen molar-refractivity contribution < 1.29 is 9.53 Å². The highest BCUT2D eigenvalue weighted by molar-refractivity contribution is 7.22. The zero-order valence-corrected chi connectivity index (χ0v) is 19.9. The maximum absolute atomic E-state index is 14.0. The minimum absolute atomic E-state index is 0.149. The van der Waals surface area contributed by atoms with Crippen LogP contribution < -0.4 is 9.64 Å². The number of anilines is 1. The molecule has 0 unspecified atom stereocenters. The number of aryl methyl sites for hydroxylation is 2. The van der Waals surface area contributed by atoms with Crippen molar-refractivity contribution in [2.24, 2.45) is 0 Å². The fourth-order valence-electron chi connectivity index (χ4n) is 3.97. The lowest BCUT2D eigenvalue weighted by Gasteiger charge is -2.21. The third-order valence-corrected chi connectivity index (χ3v) is 6.79. The van der Waals surface area contributed by atoms with Crippen LogP contribution in [0.2, 0.25) is 0 Å². The minimum Gasteiger partial charge on any atom is -0.457 e. The first kappa shape index (κ1) is 21.9. The fourth-order valence-corrected chi connectivity index (χ4v) is 4.98. The first-order chi connectivity index (χ1) is 16.6. The number of carbonyl (C=O) groups is 1. The Morgan fingerprint density at radius 2 is 1.56 bits per heavy atom. The molecule has 5 aromatic rings. The Morgan fingerprint density at radius 3 is 2.32 bits per heavy atom. The van der Waals surface area contributed by atoms with E-state index in [0.717, 1.165) is 21.3 Å². The minimum atomic E-state index is -0.149. The zero-order valence-electron chi connectivity index (χ0n) is 19.1. The van der Waals surface area contributed by atoms with Gasteiger partial charge in [0.2, 0.25) is 0 Å². The Labute approximate surface area is 203 Å². The lowest BCUT2D eigenvalue weighted by Crippen LogP contribution is -2.30. The summed E-state index contributed by atoms with van der Waals surface area (Å²) in [5.41, 5.74) is 4.76. The molecule has 5 heteroatoms. The number of para-hydroxylation sites is 2. The van der Waals surface area contributed by atoms with E-state index in [-0.39, 0.29) is 5.91 Å². The summed E-state index contributed by atoms with van der Waals surface area (Å²) in [4.78, 5) is 20.6. The van der Waals surface area contributed by atoms with E-state index < -0.39 is 0 Å². The highest BCUT2D eigenvalue weighted by Gasteiger charge is 2.25. The molecule has 4 nitrogen and oxygen atoms in total. The second-order valence-electron chi connectivity index (χ2n) is 8.21. The van der Waals surface area contributed by atoms with Gasteiger partial charge in [0, 0.05) is 0 Å². The summed E-state index contributed by atoms with van der Waals surface area (Å²) < 4.78 is 7.19. The number of carbonyl (C=O) groups excluding carboxylic acids is 1. The summed E-state index contributed by atoms with van der Waals surface area (Å²) in [7, 11) is 0. The molecule has 0 spiro atoms. The van der Waals surface area contributed by atoms with Gasteiger partial charge >= 0.3 is 0 Å². The molecule has 1 aromatic heterocycles. The van der Waals surface area contributed by atoms with Crippen molar-refractivity contribution in [2.45, 2.75) is 20.4 Å². The summed E-state index contributed by atoms with van der Waals surface area (Å²) in [6.07, 6.45) is 0. The van der Waals surface area contributed by atoms with Crippen LogP contribution in [-0.4, -0.2) is 10.9 Å². The topological polar surface area (TPSA) is 42.4 Å². The van der Waals surface area contributed by atoms with Gasteiger partial charge in [0.25, 0.3) is 5.91 Å². The van der Waals surface area contributed by atoms with Gasteiger partial charge in [-0.25, -0.2) is 4.98 Å². The molecular weight excluding hydrogens is 440 g/mol. The number of ether oxygens (including phenoxy) is 1. The summed E-state index contributed by atoms with van der Waals surface area (Å²) in [6, 6.07) is 31.1. The van der Waals surface area contributed by atoms with Crippen LogP contribution in [0.4, 0.5) is 5.13 Å². The molecule has 4 aromatic carbocycles. The van der Waals surface area contributed by atoms with Crippen molar-refractivity contribution in [1.29, 1.82) is 0 Å². The second-order valence-corrected chi connectivity index (χ2v) is 9.19. The van der Waals surface area contributed by atoms with Crippen molar-refractivity contribution >= 4 is 32.6 Å². The molecule has 0 radical (unpaired) electrons. The van der Waals surface area contributed by atoms with Gasteiger partial charge in [-0.3, -0.25) is 9.69 Å². The number of aromatic nitrogens is 1. The lowest BCUT2D eigenvalue weighted by molar-refractivity contribution is 0.0983. The number of amides is 1. The molecule has 1 heterocycles. The maximum atomic E-state index is 14.0. The Bertz CT molecular complexity index is 1450. The summed E-state index contributed by atoms with van der Waals surface area (Å²) >= 11 is 1.55. The van der Waals surface area contributed by atoms with Crippen LogP contribution in [0.3, 0.4) is 0 Å². The lowest BCUT2D eigenvalue weighted by atomic mass is 10.1. The van der Waals surface area contributed by atoms with Crippen molar-refractivity contribution in [3.8, 4) is 11.5 Å². The second kappa shape index (κ2) is 9.49. The van der Waals surface area contributed by atoms with Gasteiger partial charge in [-0.1, -0.05) is 78.1 Å². The summed E-state index contributed by atoms with van der Waals surface area (Å²) in [6.45, 7) is 4.57. The molecule has 0 fully saturated rings. The van der Waals surface area contributed by atoms with E-state index in [2.05, 4.69) is 26.0 Å². The molecule has 0 aliphatic heterocycles. The van der Waals surface area contributed by atoms with Gasteiger partial charge in [-0.15, -0.1) is 0 Å². The number of benzene rings is 4. The molecule has 168 valence electrons. The summed E-state index contributed by atoms with van der Waals surface area (Å²) in [5.74, 6) is 1.05. The van der Waals surface area contributed by atoms with E-state index in [9.17, 15) is 4.79 Å². The molecule has 0 saturated heterocycles. The average molecular weight is 465 g/mol. The smallest absolute Gasteiger partial charge is 0.264 e. The molecule has 0 aliphatic carbocycles. The van der Waals surface area contributed by atoms with Gasteiger partial charge in [0.1, 0.15) is 11.5 Å². The van der Waals surface area contributed by atoms with Gasteiger partial charge < -0.3 is 4.74 Å². The molecule has 0 aliphatic rings. The molecule has 0 saturated carbocycles. The van der Waals surface area contributed by atoms with E-state index in [0.29, 0.717) is 28.7 Å². The van der Waals surface area contributed by atoms with Crippen LogP contribution in [0.1, 0.15) is 27.0 Å². The normalized spacial score (nSPS) is 10.9. The third kappa shape index (κ3) is 4.56. The van der Waals surface area contributed by atoms with Crippen LogP contribution >= 0.6 is 11.3 Å². The van der Waals surface area contributed by atoms with Gasteiger partial charge in [0.15, 0.2) is 5.13 Å². The van der Waals surface area contributed by atoms with Crippen LogP contribution in [0.25, 0.3) is 10.2 Å². The first-order valence-electron chi connectivity index (χ1n) is 11.1. The molecule has 0 bridgehead atoms. The number of nitrogens with zero attached hydrogens (tertiary/aromatic N) is 2. The highest BCUT2D eigenvalue weighted by Crippen LogP contribution is 2.35. The van der Waals surface area contributed by atoms with Crippen molar-refractivity contribution in [2.75, 3.05) is 4.90 Å². The molecule has 34 heavy (non-hydrogen) atoms. The Balaban J connectivity index is 1.58. The van der Waals surface area contributed by atoms with E-state index in [4.69, 9.17) is 9.72 Å². The fraction of sp³-hybridized carbons (Fsp3) is 0.103. The third-order valence-electron chi connectivity index (χ3n) is 5.56. The van der Waals surface area contributed by atoms with Crippen molar-refractivity contribution in [3.05, 3.63) is 119 Å². The van der Waals surface area contributed by atoms with Crippen LogP contribution in [0, 0.1) is 13.8 Å². The van der Waals surface area contributed by atoms with Crippen LogP contribution in [0.5, 0.6) is 11.5 Å². The standard InChI is InChI=1S/C29H24N2O2S/c1-20-17-21(2)27-25(18-20)30-29(34-27)31(19-22-11-5-3-6-12-22)28(32)24-15-9-10-16-26(24)33-23-13-7-4-8-14-23/h3-18H,19H2,1-2H3. The predicted octanol–water partition coefficient (Wildman–Crippen LogP) is 7.55. The van der Waals surface area contributed by atoms with E-state index >= 15 is 0 Å². The van der Waals surface area contributed by atoms with Crippen molar-refractivity contribution in [1.82, 2.24) is 4.98 Å². The van der Waals surface area contributed by atoms with Crippen molar-refractivity contribution in [3.63, 3.8) is 0 Å². The molecular formula is C29H24N2O2S. The average Bonchev–Trinajstić information content (AvgIpc) is 3.28. The quantitative estimate of drug-likeness (QED) is 0.260. The highest BCUT2D eigenvalue weighted by atomic mass is 32.1. The van der Waals surface area contributed by atoms with Gasteiger partial charge in [-0.05, 0) is 60.9 Å². The monoisotopic (exact) mass is 464 g/mol. The van der Waals surface area contributed by atoms with E-state index in [1.165, 1.54) is 5.56 Å². The van der Waals surface area contributed by atoms with Gasteiger partial charge in [0.05, 0.1) is 22.3 Å². The SMILES string of the molecule is Cc1cc(C)c2sc(N(Cc3ccccc3)C(=O)c3ccccc3Oc3ccccc3)nc2c1. The zero-order chi connectivity index (χ0) is 23.5.